The second kappa shape index (κ2) is 8.12. The molecule has 0 radical (unpaired) electrons. The van der Waals surface area contributed by atoms with Crippen LogP contribution < -0.4 is 10.2 Å². The summed E-state index contributed by atoms with van der Waals surface area (Å²) in [7, 11) is 0. The van der Waals surface area contributed by atoms with Crippen molar-refractivity contribution in [3.63, 3.8) is 0 Å². The van der Waals surface area contributed by atoms with E-state index in [-0.39, 0.29) is 5.56 Å². The van der Waals surface area contributed by atoms with Crippen molar-refractivity contribution in [1.29, 1.82) is 0 Å². The Balaban J connectivity index is 1.44. The minimum atomic E-state index is -2.89. The summed E-state index contributed by atoms with van der Waals surface area (Å²) in [5.41, 5.74) is 1.21. The SMILES string of the molecule is CC(Nc1nn2ncnc2c2ccc(N3C4CCC3COC4)cc12)c1cccc(C(F)F)c1F. The number of benzene rings is 2. The van der Waals surface area contributed by atoms with E-state index in [1.807, 2.05) is 6.07 Å². The summed E-state index contributed by atoms with van der Waals surface area (Å²) >= 11 is 0. The van der Waals surface area contributed by atoms with Crippen LogP contribution in [0.25, 0.3) is 16.4 Å². The van der Waals surface area contributed by atoms with E-state index < -0.39 is 23.8 Å². The van der Waals surface area contributed by atoms with Gasteiger partial charge in [-0.3, -0.25) is 0 Å². The molecule has 0 amide bonds. The molecule has 0 saturated carbocycles. The summed E-state index contributed by atoms with van der Waals surface area (Å²) in [5, 5.41) is 13.6. The van der Waals surface area contributed by atoms with E-state index in [4.69, 9.17) is 4.74 Å². The Kier molecular flexibility index (Phi) is 5.05. The number of morpholine rings is 1. The Bertz CT molecular complexity index is 1360. The zero-order chi connectivity index (χ0) is 23.4. The molecule has 1 N–H and O–H groups in total. The Morgan fingerprint density at radius 1 is 1.06 bits per heavy atom. The Hall–Kier alpha value is -3.40. The van der Waals surface area contributed by atoms with Crippen LogP contribution in [0, 0.1) is 5.82 Å². The van der Waals surface area contributed by atoms with Crippen molar-refractivity contribution in [3.05, 3.63) is 59.7 Å². The van der Waals surface area contributed by atoms with Crippen molar-refractivity contribution in [2.24, 2.45) is 0 Å². The van der Waals surface area contributed by atoms with Gasteiger partial charge in [0.1, 0.15) is 12.1 Å². The number of fused-ring (bicyclic) bond motifs is 5. The first kappa shape index (κ1) is 21.2. The first-order valence-corrected chi connectivity index (χ1v) is 11.3. The lowest BCUT2D eigenvalue weighted by Crippen LogP contribution is -2.45. The molecule has 7 nitrogen and oxygen atoms in total. The van der Waals surface area contributed by atoms with E-state index in [2.05, 4.69) is 37.5 Å². The number of hydrogen-bond donors (Lipinski definition) is 1. The maximum Gasteiger partial charge on any atom is 0.266 e. The van der Waals surface area contributed by atoms with Gasteiger partial charge in [0, 0.05) is 22.0 Å². The van der Waals surface area contributed by atoms with Gasteiger partial charge >= 0.3 is 0 Å². The van der Waals surface area contributed by atoms with Crippen LogP contribution in [0.15, 0.2) is 42.7 Å². The number of rotatable bonds is 5. The lowest BCUT2D eigenvalue weighted by atomic mass is 10.0. The summed E-state index contributed by atoms with van der Waals surface area (Å²) < 4.78 is 48.4. The molecule has 6 rings (SSSR count). The molecule has 176 valence electrons. The fraction of sp³-hybridized carbons (Fsp3) is 0.375. The Morgan fingerprint density at radius 3 is 2.59 bits per heavy atom. The van der Waals surface area contributed by atoms with E-state index in [0.717, 1.165) is 35.4 Å². The van der Waals surface area contributed by atoms with Crippen LogP contribution in [0.3, 0.4) is 0 Å². The summed E-state index contributed by atoms with van der Waals surface area (Å²) in [6.45, 7) is 3.13. The third-order valence-corrected chi connectivity index (χ3v) is 6.88. The van der Waals surface area contributed by atoms with Crippen LogP contribution >= 0.6 is 0 Å². The molecular weight excluding hydrogens is 445 g/mol. The van der Waals surface area contributed by atoms with Gasteiger partial charge in [0.25, 0.3) is 6.43 Å². The lowest BCUT2D eigenvalue weighted by molar-refractivity contribution is 0.0907. The second-order valence-electron chi connectivity index (χ2n) is 8.90. The molecule has 0 aliphatic carbocycles. The molecule has 2 aliphatic heterocycles. The van der Waals surface area contributed by atoms with Crippen LogP contribution in [0.4, 0.5) is 24.7 Å². The molecule has 10 heteroatoms. The minimum absolute atomic E-state index is 0.147. The summed E-state index contributed by atoms with van der Waals surface area (Å²) in [4.78, 5) is 6.75. The molecule has 34 heavy (non-hydrogen) atoms. The standard InChI is InChI=1S/C24H23F3N6O/c1-13(17-3-2-4-19(21(17)25)22(26)27)30-23-20-9-14(32-15-5-6-16(32)11-34-10-15)7-8-18(20)24-28-12-29-33(24)31-23/h2-4,7-9,12-13,15-16,22H,5-6,10-11H2,1H3,(H,30,31). The molecule has 3 unspecified atom stereocenters. The van der Waals surface area contributed by atoms with Crippen LogP contribution in [-0.4, -0.2) is 45.1 Å². The zero-order valence-electron chi connectivity index (χ0n) is 18.5. The second-order valence-corrected chi connectivity index (χ2v) is 8.90. The van der Waals surface area contributed by atoms with E-state index in [1.165, 1.54) is 23.1 Å². The van der Waals surface area contributed by atoms with E-state index >= 15 is 0 Å². The first-order chi connectivity index (χ1) is 16.5. The van der Waals surface area contributed by atoms with Crippen molar-refractivity contribution < 1.29 is 17.9 Å². The van der Waals surface area contributed by atoms with E-state index in [1.54, 1.807) is 6.92 Å². The highest BCUT2D eigenvalue weighted by Gasteiger charge is 2.37. The van der Waals surface area contributed by atoms with Crippen LogP contribution in [0.2, 0.25) is 0 Å². The zero-order valence-corrected chi connectivity index (χ0v) is 18.5. The van der Waals surface area contributed by atoms with Gasteiger partial charge in [-0.1, -0.05) is 18.2 Å². The topological polar surface area (TPSA) is 67.6 Å². The number of ether oxygens (including phenoxy) is 1. The largest absolute Gasteiger partial charge is 0.377 e. The molecule has 2 fully saturated rings. The maximum absolute atomic E-state index is 14.8. The third kappa shape index (κ3) is 3.35. The number of aromatic nitrogens is 4. The normalized spacial score (nSPS) is 21.0. The smallest absolute Gasteiger partial charge is 0.266 e. The summed E-state index contributed by atoms with van der Waals surface area (Å²) in [5.74, 6) is -0.431. The molecule has 4 heterocycles. The van der Waals surface area contributed by atoms with Crippen molar-refractivity contribution in [2.45, 2.75) is 44.3 Å². The quantitative estimate of drug-likeness (QED) is 0.450. The molecule has 0 spiro atoms. The van der Waals surface area contributed by atoms with Crippen molar-refractivity contribution in [3.8, 4) is 0 Å². The monoisotopic (exact) mass is 468 g/mol. The molecule has 2 aromatic heterocycles. The fourth-order valence-corrected chi connectivity index (χ4v) is 5.23. The fourth-order valence-electron chi connectivity index (χ4n) is 5.23. The minimum Gasteiger partial charge on any atom is -0.377 e. The first-order valence-electron chi connectivity index (χ1n) is 11.3. The highest BCUT2D eigenvalue weighted by molar-refractivity contribution is 6.01. The van der Waals surface area contributed by atoms with Gasteiger partial charge in [-0.2, -0.15) is 0 Å². The Morgan fingerprint density at radius 2 is 1.82 bits per heavy atom. The van der Waals surface area contributed by atoms with Gasteiger partial charge in [-0.15, -0.1) is 14.8 Å². The van der Waals surface area contributed by atoms with Gasteiger partial charge < -0.3 is 15.0 Å². The van der Waals surface area contributed by atoms with Crippen molar-refractivity contribution in [2.75, 3.05) is 23.4 Å². The molecule has 4 aromatic rings. The van der Waals surface area contributed by atoms with Crippen LogP contribution in [0.1, 0.15) is 43.4 Å². The van der Waals surface area contributed by atoms with E-state index in [9.17, 15) is 13.2 Å². The average molecular weight is 468 g/mol. The molecule has 2 bridgehead atoms. The maximum atomic E-state index is 14.8. The Labute approximate surface area is 193 Å². The lowest BCUT2D eigenvalue weighted by Gasteiger charge is -2.36. The predicted molar refractivity (Wildman–Crippen MR) is 122 cm³/mol. The van der Waals surface area contributed by atoms with Crippen molar-refractivity contribution in [1.82, 2.24) is 19.8 Å². The van der Waals surface area contributed by atoms with Gasteiger partial charge in [-0.05, 0) is 38.0 Å². The molecular formula is C24H23F3N6O. The number of nitrogens with one attached hydrogen (secondary N) is 1. The molecule has 3 atom stereocenters. The summed E-state index contributed by atoms with van der Waals surface area (Å²) in [6, 6.07) is 10.3. The highest BCUT2D eigenvalue weighted by atomic mass is 19.3. The van der Waals surface area contributed by atoms with Gasteiger partial charge in [0.2, 0.25) is 0 Å². The van der Waals surface area contributed by atoms with Crippen LogP contribution in [-0.2, 0) is 4.74 Å². The number of hydrogen-bond acceptors (Lipinski definition) is 6. The van der Waals surface area contributed by atoms with Crippen LogP contribution in [0.5, 0.6) is 0 Å². The van der Waals surface area contributed by atoms with Gasteiger partial charge in [-0.25, -0.2) is 18.2 Å². The number of anilines is 2. The number of halogens is 3. The molecule has 2 saturated heterocycles. The molecule has 2 aromatic carbocycles. The van der Waals surface area contributed by atoms with Gasteiger partial charge in [0.15, 0.2) is 11.5 Å². The van der Waals surface area contributed by atoms with E-state index in [0.29, 0.717) is 36.8 Å². The highest BCUT2D eigenvalue weighted by Crippen LogP contribution is 2.38. The molecule has 2 aliphatic rings. The summed E-state index contributed by atoms with van der Waals surface area (Å²) in [6.07, 6.45) is 0.721. The number of nitrogens with zero attached hydrogens (tertiary/aromatic N) is 5. The predicted octanol–water partition coefficient (Wildman–Crippen LogP) is 4.89. The average Bonchev–Trinajstić information content (AvgIpc) is 3.40. The van der Waals surface area contributed by atoms with Crippen molar-refractivity contribution >= 4 is 27.9 Å². The number of alkyl halides is 2. The third-order valence-electron chi connectivity index (χ3n) is 6.88. The van der Waals surface area contributed by atoms with Gasteiger partial charge in [0.05, 0.1) is 36.9 Å².